The van der Waals surface area contributed by atoms with Crippen molar-refractivity contribution in [3.63, 3.8) is 0 Å². The van der Waals surface area contributed by atoms with E-state index in [4.69, 9.17) is 4.74 Å². The third kappa shape index (κ3) is 2.39. The Bertz CT molecular complexity index is 906. The van der Waals surface area contributed by atoms with E-state index in [0.29, 0.717) is 0 Å². The molecule has 3 nitrogen and oxygen atoms in total. The van der Waals surface area contributed by atoms with Crippen LogP contribution in [-0.2, 0) is 10.2 Å². The van der Waals surface area contributed by atoms with Gasteiger partial charge in [0.25, 0.3) is 0 Å². The second-order valence-electron chi connectivity index (χ2n) is 6.75. The van der Waals surface area contributed by atoms with Gasteiger partial charge in [0.2, 0.25) is 5.91 Å². The van der Waals surface area contributed by atoms with Crippen molar-refractivity contribution in [2.75, 3.05) is 12.0 Å². The molecule has 0 spiro atoms. The summed E-state index contributed by atoms with van der Waals surface area (Å²) in [7, 11) is 1.64. The highest BCUT2D eigenvalue weighted by molar-refractivity contribution is 6.09. The largest absolute Gasteiger partial charge is 0.497 e. The molecule has 130 valence electrons. The standard InChI is InChI=1S/C23H21NO2/c1-23(18-11-7-4-8-12-18)21(17-9-5-3-6-10-17)24(22(23)25)19-13-15-20(26-2)16-14-19/h3-16,21H,1-2H3/t21-,23+/m1/s1. The minimum atomic E-state index is -0.581. The van der Waals surface area contributed by atoms with E-state index in [-0.39, 0.29) is 11.9 Å². The number of methoxy groups -OCH3 is 1. The van der Waals surface area contributed by atoms with Gasteiger partial charge in [-0.05, 0) is 42.3 Å². The van der Waals surface area contributed by atoms with Gasteiger partial charge in [-0.15, -0.1) is 0 Å². The van der Waals surface area contributed by atoms with Crippen molar-refractivity contribution >= 4 is 11.6 Å². The Morgan fingerprint density at radius 2 is 1.42 bits per heavy atom. The number of hydrogen-bond acceptors (Lipinski definition) is 2. The highest BCUT2D eigenvalue weighted by Gasteiger charge is 2.59. The van der Waals surface area contributed by atoms with Crippen LogP contribution < -0.4 is 9.64 Å². The van der Waals surface area contributed by atoms with E-state index in [2.05, 4.69) is 12.1 Å². The zero-order valence-electron chi connectivity index (χ0n) is 14.9. The molecule has 1 heterocycles. The van der Waals surface area contributed by atoms with Crippen LogP contribution in [0.15, 0.2) is 84.9 Å². The maximum Gasteiger partial charge on any atom is 0.240 e. The third-order valence-corrected chi connectivity index (χ3v) is 5.31. The van der Waals surface area contributed by atoms with Crippen LogP contribution in [0.4, 0.5) is 5.69 Å². The summed E-state index contributed by atoms with van der Waals surface area (Å²) in [6.07, 6.45) is 0. The van der Waals surface area contributed by atoms with E-state index >= 15 is 0 Å². The second-order valence-corrected chi connectivity index (χ2v) is 6.75. The molecule has 0 radical (unpaired) electrons. The number of ether oxygens (including phenoxy) is 1. The Balaban J connectivity index is 1.81. The molecule has 1 aliphatic rings. The molecule has 0 aliphatic carbocycles. The normalized spacial score (nSPS) is 22.0. The molecule has 1 saturated heterocycles. The maximum atomic E-state index is 13.3. The van der Waals surface area contributed by atoms with Gasteiger partial charge in [-0.1, -0.05) is 60.7 Å². The molecule has 1 aliphatic heterocycles. The fourth-order valence-corrected chi connectivity index (χ4v) is 3.87. The lowest BCUT2D eigenvalue weighted by Crippen LogP contribution is -2.65. The van der Waals surface area contributed by atoms with E-state index in [0.717, 1.165) is 22.6 Å². The van der Waals surface area contributed by atoms with Gasteiger partial charge in [-0.25, -0.2) is 0 Å². The molecule has 26 heavy (non-hydrogen) atoms. The average Bonchev–Trinajstić information content (AvgIpc) is 2.72. The highest BCUT2D eigenvalue weighted by Crippen LogP contribution is 2.53. The predicted octanol–water partition coefficient (Wildman–Crippen LogP) is 4.74. The molecule has 1 amide bonds. The zero-order valence-corrected chi connectivity index (χ0v) is 14.9. The summed E-state index contributed by atoms with van der Waals surface area (Å²) in [5.74, 6) is 0.895. The number of carbonyl (C=O) groups is 1. The van der Waals surface area contributed by atoms with Gasteiger partial charge in [-0.3, -0.25) is 4.79 Å². The Kier molecular flexibility index (Phi) is 4.00. The molecule has 0 N–H and O–H groups in total. The first-order valence-electron chi connectivity index (χ1n) is 8.74. The first-order valence-corrected chi connectivity index (χ1v) is 8.74. The summed E-state index contributed by atoms with van der Waals surface area (Å²) in [5.41, 5.74) is 2.48. The van der Waals surface area contributed by atoms with Gasteiger partial charge in [0.05, 0.1) is 18.6 Å². The topological polar surface area (TPSA) is 29.5 Å². The highest BCUT2D eigenvalue weighted by atomic mass is 16.5. The number of nitrogens with zero attached hydrogens (tertiary/aromatic N) is 1. The Hall–Kier alpha value is -3.07. The summed E-state index contributed by atoms with van der Waals surface area (Å²) < 4.78 is 5.25. The fourth-order valence-electron chi connectivity index (χ4n) is 3.87. The van der Waals surface area contributed by atoms with Crippen LogP contribution in [0.5, 0.6) is 5.75 Å². The van der Waals surface area contributed by atoms with Crippen molar-refractivity contribution in [3.8, 4) is 5.75 Å². The van der Waals surface area contributed by atoms with E-state index < -0.39 is 5.41 Å². The van der Waals surface area contributed by atoms with Crippen molar-refractivity contribution in [1.29, 1.82) is 0 Å². The van der Waals surface area contributed by atoms with E-state index in [1.165, 1.54) is 0 Å². The van der Waals surface area contributed by atoms with Crippen molar-refractivity contribution in [1.82, 2.24) is 0 Å². The summed E-state index contributed by atoms with van der Waals surface area (Å²) in [6, 6.07) is 27.9. The van der Waals surface area contributed by atoms with Gasteiger partial charge in [0.15, 0.2) is 0 Å². The van der Waals surface area contributed by atoms with Crippen LogP contribution in [0.1, 0.15) is 24.1 Å². The van der Waals surface area contributed by atoms with Crippen LogP contribution in [0.2, 0.25) is 0 Å². The molecule has 0 bridgehead atoms. The number of benzene rings is 3. The molecule has 3 aromatic carbocycles. The fraction of sp³-hybridized carbons (Fsp3) is 0.174. The number of anilines is 1. The molecule has 0 aromatic heterocycles. The number of rotatable bonds is 4. The van der Waals surface area contributed by atoms with Crippen molar-refractivity contribution in [2.45, 2.75) is 18.4 Å². The lowest BCUT2D eigenvalue weighted by molar-refractivity contribution is -0.132. The van der Waals surface area contributed by atoms with E-state index in [1.54, 1.807) is 7.11 Å². The van der Waals surface area contributed by atoms with Gasteiger partial charge >= 0.3 is 0 Å². The van der Waals surface area contributed by atoms with E-state index in [9.17, 15) is 4.79 Å². The van der Waals surface area contributed by atoms with E-state index in [1.807, 2.05) is 84.6 Å². The number of hydrogen-bond donors (Lipinski definition) is 0. The quantitative estimate of drug-likeness (QED) is 0.640. The molecule has 0 saturated carbocycles. The molecule has 3 heteroatoms. The molecule has 4 rings (SSSR count). The molecule has 0 unspecified atom stereocenters. The van der Waals surface area contributed by atoms with Gasteiger partial charge in [-0.2, -0.15) is 0 Å². The Morgan fingerprint density at radius 1 is 0.846 bits per heavy atom. The van der Waals surface area contributed by atoms with Crippen LogP contribution in [0, 0.1) is 0 Å². The first-order chi connectivity index (χ1) is 12.7. The van der Waals surface area contributed by atoms with Gasteiger partial charge in [0.1, 0.15) is 5.75 Å². The Morgan fingerprint density at radius 3 is 2.00 bits per heavy atom. The molecule has 1 fully saturated rings. The summed E-state index contributed by atoms with van der Waals surface area (Å²) in [4.78, 5) is 15.2. The van der Waals surface area contributed by atoms with Crippen molar-refractivity contribution in [3.05, 3.63) is 96.1 Å². The SMILES string of the molecule is COc1ccc(N2C(=O)[C@@](C)(c3ccccc3)[C@H]2c2ccccc2)cc1. The smallest absolute Gasteiger partial charge is 0.240 e. The minimum absolute atomic E-state index is 0.0491. The van der Waals surface area contributed by atoms with Crippen molar-refractivity contribution < 1.29 is 9.53 Å². The van der Waals surface area contributed by atoms with Crippen LogP contribution in [-0.4, -0.2) is 13.0 Å². The third-order valence-electron chi connectivity index (χ3n) is 5.31. The first kappa shape index (κ1) is 16.4. The second kappa shape index (κ2) is 6.34. The summed E-state index contributed by atoms with van der Waals surface area (Å²) >= 11 is 0. The predicted molar refractivity (Wildman–Crippen MR) is 103 cm³/mol. The monoisotopic (exact) mass is 343 g/mol. The lowest BCUT2D eigenvalue weighted by atomic mass is 9.64. The van der Waals surface area contributed by atoms with Crippen LogP contribution >= 0.6 is 0 Å². The van der Waals surface area contributed by atoms with Gasteiger partial charge < -0.3 is 9.64 Å². The lowest BCUT2D eigenvalue weighted by Gasteiger charge is -2.55. The average molecular weight is 343 g/mol. The maximum absolute atomic E-state index is 13.3. The minimum Gasteiger partial charge on any atom is -0.497 e. The number of amides is 1. The molecule has 2 atom stereocenters. The van der Waals surface area contributed by atoms with Crippen molar-refractivity contribution in [2.24, 2.45) is 0 Å². The van der Waals surface area contributed by atoms with Crippen LogP contribution in [0.25, 0.3) is 0 Å². The molecular formula is C23H21NO2. The van der Waals surface area contributed by atoms with Gasteiger partial charge in [0, 0.05) is 5.69 Å². The van der Waals surface area contributed by atoms with Crippen LogP contribution in [0.3, 0.4) is 0 Å². The summed E-state index contributed by atoms with van der Waals surface area (Å²) in [6.45, 7) is 2.04. The molecule has 3 aromatic rings. The Labute approximate surface area is 153 Å². The summed E-state index contributed by atoms with van der Waals surface area (Å²) in [5, 5.41) is 0. The zero-order chi connectivity index (χ0) is 18.1. The molecular weight excluding hydrogens is 322 g/mol. The number of β-lactam (4-membered cyclic amide) rings is 1. The number of carbonyl (C=O) groups excluding carboxylic acids is 1.